The fourth-order valence-corrected chi connectivity index (χ4v) is 2.76. The van der Waals surface area contributed by atoms with Crippen molar-refractivity contribution in [2.24, 2.45) is 5.92 Å². The van der Waals surface area contributed by atoms with E-state index in [1.807, 2.05) is 32.9 Å². The predicted octanol–water partition coefficient (Wildman–Crippen LogP) is 4.31. The van der Waals surface area contributed by atoms with E-state index in [1.54, 1.807) is 0 Å². The van der Waals surface area contributed by atoms with Gasteiger partial charge >= 0.3 is 6.09 Å². The topological polar surface area (TPSA) is 50.4 Å². The Morgan fingerprint density at radius 1 is 1.27 bits per heavy atom. The summed E-state index contributed by atoms with van der Waals surface area (Å²) in [5.74, 6) is 0.809. The molecule has 4 heteroatoms. The zero-order valence-corrected chi connectivity index (χ0v) is 13.9. The molecule has 1 aliphatic carbocycles. The fraction of sp³-hybridized carbons (Fsp3) is 0.611. The highest BCUT2D eigenvalue weighted by Gasteiger charge is 2.16. The van der Waals surface area contributed by atoms with E-state index in [9.17, 15) is 4.79 Å². The Hall–Kier alpha value is -1.71. The molecule has 2 rings (SSSR count). The van der Waals surface area contributed by atoms with Gasteiger partial charge in [-0.1, -0.05) is 25.0 Å². The van der Waals surface area contributed by atoms with Gasteiger partial charge in [0.2, 0.25) is 0 Å². The molecule has 0 saturated heterocycles. The molecule has 0 aliphatic heterocycles. The normalized spacial score (nSPS) is 15.6. The highest BCUT2D eigenvalue weighted by molar-refractivity contribution is 5.67. The van der Waals surface area contributed by atoms with Crippen LogP contribution in [0.15, 0.2) is 24.3 Å². The quantitative estimate of drug-likeness (QED) is 0.852. The van der Waals surface area contributed by atoms with Crippen molar-refractivity contribution in [3.8, 4) is 0 Å². The molecule has 122 valence electrons. The van der Waals surface area contributed by atoms with E-state index < -0.39 is 5.60 Å². The van der Waals surface area contributed by atoms with Crippen LogP contribution in [0.2, 0.25) is 0 Å². The average molecular weight is 304 g/mol. The maximum absolute atomic E-state index is 11.7. The highest BCUT2D eigenvalue weighted by atomic mass is 16.6. The van der Waals surface area contributed by atoms with Gasteiger partial charge in [0.15, 0.2) is 0 Å². The third-order valence-electron chi connectivity index (χ3n) is 3.83. The van der Waals surface area contributed by atoms with Gasteiger partial charge in [-0.2, -0.15) is 0 Å². The van der Waals surface area contributed by atoms with Crippen LogP contribution >= 0.6 is 0 Å². The Morgan fingerprint density at radius 3 is 2.68 bits per heavy atom. The van der Waals surface area contributed by atoms with Crippen molar-refractivity contribution < 1.29 is 9.53 Å². The van der Waals surface area contributed by atoms with E-state index in [1.165, 1.54) is 25.7 Å². The lowest BCUT2D eigenvalue weighted by Crippen LogP contribution is -2.32. The fourth-order valence-electron chi connectivity index (χ4n) is 2.76. The first-order valence-electron chi connectivity index (χ1n) is 8.22. The van der Waals surface area contributed by atoms with Crippen LogP contribution in [0.1, 0.15) is 52.0 Å². The molecule has 1 aromatic rings. The van der Waals surface area contributed by atoms with E-state index in [0.29, 0.717) is 6.54 Å². The molecule has 0 spiro atoms. The van der Waals surface area contributed by atoms with Crippen LogP contribution in [0.3, 0.4) is 0 Å². The summed E-state index contributed by atoms with van der Waals surface area (Å²) >= 11 is 0. The Morgan fingerprint density at radius 2 is 2.00 bits per heavy atom. The number of nitrogens with one attached hydrogen (secondary N) is 2. The van der Waals surface area contributed by atoms with E-state index >= 15 is 0 Å². The van der Waals surface area contributed by atoms with Crippen LogP contribution in [0.25, 0.3) is 0 Å². The van der Waals surface area contributed by atoms with Gasteiger partial charge < -0.3 is 15.4 Å². The van der Waals surface area contributed by atoms with Gasteiger partial charge in [0.05, 0.1) is 0 Å². The summed E-state index contributed by atoms with van der Waals surface area (Å²) in [6, 6.07) is 8.19. The number of hydrogen-bond acceptors (Lipinski definition) is 3. The molecular weight excluding hydrogens is 276 g/mol. The van der Waals surface area contributed by atoms with Gasteiger partial charge in [-0.3, -0.25) is 0 Å². The zero-order chi connectivity index (χ0) is 16.0. The number of amides is 1. The molecule has 0 heterocycles. The molecular formula is C18H28N2O2. The Balaban J connectivity index is 1.79. The van der Waals surface area contributed by atoms with Crippen molar-refractivity contribution in [2.45, 2.75) is 58.6 Å². The summed E-state index contributed by atoms with van der Waals surface area (Å²) in [4.78, 5) is 11.7. The highest BCUT2D eigenvalue weighted by Crippen LogP contribution is 2.25. The largest absolute Gasteiger partial charge is 0.444 e. The van der Waals surface area contributed by atoms with Crippen molar-refractivity contribution in [1.82, 2.24) is 5.32 Å². The Kier molecular flexibility index (Phi) is 5.69. The first-order valence-corrected chi connectivity index (χ1v) is 8.22. The van der Waals surface area contributed by atoms with Crippen LogP contribution in [-0.2, 0) is 11.3 Å². The molecule has 0 bridgehead atoms. The van der Waals surface area contributed by atoms with Gasteiger partial charge in [0.1, 0.15) is 5.60 Å². The number of alkyl carbamates (subject to hydrolysis) is 1. The summed E-state index contributed by atoms with van der Waals surface area (Å²) < 4.78 is 5.24. The third-order valence-corrected chi connectivity index (χ3v) is 3.83. The lowest BCUT2D eigenvalue weighted by atomic mass is 10.1. The van der Waals surface area contributed by atoms with Crippen molar-refractivity contribution in [1.29, 1.82) is 0 Å². The molecule has 1 saturated carbocycles. The minimum absolute atomic E-state index is 0.378. The second-order valence-electron chi connectivity index (χ2n) is 7.09. The Labute approximate surface area is 133 Å². The standard InChI is InChI=1S/C18H28N2O2/c1-18(2,3)22-17(21)20-13-15-9-6-10-16(11-15)19-12-14-7-4-5-8-14/h6,9-11,14,19H,4-5,7-8,12-13H2,1-3H3,(H,20,21). The SMILES string of the molecule is CC(C)(C)OC(=O)NCc1cccc(NCC2CCCC2)c1. The van der Waals surface area contributed by atoms with Crippen molar-refractivity contribution >= 4 is 11.8 Å². The number of rotatable bonds is 5. The number of carbonyl (C=O) groups is 1. The maximum atomic E-state index is 11.7. The lowest BCUT2D eigenvalue weighted by Gasteiger charge is -2.19. The minimum Gasteiger partial charge on any atom is -0.444 e. The molecule has 1 fully saturated rings. The van der Waals surface area contributed by atoms with Crippen LogP contribution in [0, 0.1) is 5.92 Å². The van der Waals surface area contributed by atoms with E-state index in [0.717, 1.165) is 23.7 Å². The van der Waals surface area contributed by atoms with Gasteiger partial charge in [-0.25, -0.2) is 4.79 Å². The van der Waals surface area contributed by atoms with E-state index in [2.05, 4.69) is 22.8 Å². The Bertz CT molecular complexity index is 488. The number of anilines is 1. The number of benzene rings is 1. The zero-order valence-electron chi connectivity index (χ0n) is 13.9. The first-order chi connectivity index (χ1) is 10.4. The van der Waals surface area contributed by atoms with Crippen molar-refractivity contribution in [3.05, 3.63) is 29.8 Å². The summed E-state index contributed by atoms with van der Waals surface area (Å²) in [5.41, 5.74) is 1.73. The number of carbonyl (C=O) groups excluding carboxylic acids is 1. The van der Waals surface area contributed by atoms with Gasteiger partial charge in [0, 0.05) is 18.8 Å². The second kappa shape index (κ2) is 7.52. The molecule has 0 unspecified atom stereocenters. The van der Waals surface area contributed by atoms with Crippen LogP contribution < -0.4 is 10.6 Å². The molecule has 1 amide bonds. The van der Waals surface area contributed by atoms with Crippen LogP contribution in [0.4, 0.5) is 10.5 Å². The summed E-state index contributed by atoms with van der Waals surface area (Å²) in [5, 5.41) is 6.30. The average Bonchev–Trinajstić information content (AvgIpc) is 2.95. The molecule has 1 aromatic carbocycles. The van der Waals surface area contributed by atoms with Gasteiger partial charge in [-0.05, 0) is 57.2 Å². The smallest absolute Gasteiger partial charge is 0.407 e. The maximum Gasteiger partial charge on any atom is 0.407 e. The second-order valence-corrected chi connectivity index (χ2v) is 7.09. The third kappa shape index (κ3) is 5.96. The molecule has 0 aromatic heterocycles. The molecule has 2 N–H and O–H groups in total. The molecule has 0 radical (unpaired) electrons. The predicted molar refractivity (Wildman–Crippen MR) is 90.0 cm³/mol. The van der Waals surface area contributed by atoms with Crippen molar-refractivity contribution in [3.63, 3.8) is 0 Å². The molecule has 1 aliphatic rings. The van der Waals surface area contributed by atoms with E-state index in [4.69, 9.17) is 4.74 Å². The van der Waals surface area contributed by atoms with Crippen LogP contribution in [-0.4, -0.2) is 18.2 Å². The monoisotopic (exact) mass is 304 g/mol. The number of ether oxygens (including phenoxy) is 1. The summed E-state index contributed by atoms with van der Waals surface area (Å²) in [6.07, 6.45) is 5.04. The summed E-state index contributed by atoms with van der Waals surface area (Å²) in [6.45, 7) is 7.11. The number of hydrogen-bond donors (Lipinski definition) is 2. The van der Waals surface area contributed by atoms with E-state index in [-0.39, 0.29) is 6.09 Å². The van der Waals surface area contributed by atoms with Crippen molar-refractivity contribution in [2.75, 3.05) is 11.9 Å². The van der Waals surface area contributed by atoms with Gasteiger partial charge in [-0.15, -0.1) is 0 Å². The minimum atomic E-state index is -0.464. The lowest BCUT2D eigenvalue weighted by molar-refractivity contribution is 0.0523. The summed E-state index contributed by atoms with van der Waals surface area (Å²) in [7, 11) is 0. The van der Waals surface area contributed by atoms with Crippen LogP contribution in [0.5, 0.6) is 0 Å². The first kappa shape index (κ1) is 16.7. The van der Waals surface area contributed by atoms with Gasteiger partial charge in [0.25, 0.3) is 0 Å². The molecule has 0 atom stereocenters. The molecule has 4 nitrogen and oxygen atoms in total. The molecule has 22 heavy (non-hydrogen) atoms.